The molecule has 1 aromatic carbocycles. The Hall–Kier alpha value is -2.35. The lowest BCUT2D eigenvalue weighted by Crippen LogP contribution is -2.51. The van der Waals surface area contributed by atoms with Crippen molar-refractivity contribution in [2.24, 2.45) is 4.99 Å². The van der Waals surface area contributed by atoms with E-state index in [1.807, 2.05) is 19.1 Å². The van der Waals surface area contributed by atoms with Gasteiger partial charge in [0.2, 0.25) is 5.91 Å². The van der Waals surface area contributed by atoms with E-state index in [-0.39, 0.29) is 17.8 Å². The van der Waals surface area contributed by atoms with Crippen LogP contribution in [0.3, 0.4) is 0 Å². The molecule has 3 rings (SSSR count). The number of guanidine groups is 1. The van der Waals surface area contributed by atoms with Crippen molar-refractivity contribution >= 4 is 17.6 Å². The van der Waals surface area contributed by atoms with Gasteiger partial charge in [0, 0.05) is 51.7 Å². The molecular formula is C21H33FN6O. The van der Waals surface area contributed by atoms with Crippen molar-refractivity contribution in [3.05, 3.63) is 29.6 Å². The third-order valence-corrected chi connectivity index (χ3v) is 5.54. The molecule has 1 aromatic rings. The topological polar surface area (TPSA) is 72.0 Å². The van der Waals surface area contributed by atoms with E-state index in [1.165, 1.54) is 0 Å². The van der Waals surface area contributed by atoms with E-state index < -0.39 is 0 Å². The highest BCUT2D eigenvalue weighted by molar-refractivity contribution is 5.81. The quantitative estimate of drug-likeness (QED) is 0.493. The number of hydrogen-bond donors (Lipinski definition) is 3. The summed E-state index contributed by atoms with van der Waals surface area (Å²) in [6, 6.07) is 5.58. The molecule has 1 unspecified atom stereocenters. The molecule has 2 heterocycles. The number of likely N-dealkylation sites (N-methyl/N-ethyl adjacent to an activating group) is 1. The summed E-state index contributed by atoms with van der Waals surface area (Å²) in [5.74, 6) is 0.598. The number of piperazine rings is 1. The van der Waals surface area contributed by atoms with E-state index in [4.69, 9.17) is 0 Å². The van der Waals surface area contributed by atoms with Crippen molar-refractivity contribution in [3.63, 3.8) is 0 Å². The molecule has 29 heavy (non-hydrogen) atoms. The largest absolute Gasteiger partial charge is 0.367 e. The minimum atomic E-state index is -0.185. The molecule has 2 fully saturated rings. The average molecular weight is 405 g/mol. The predicted octanol–water partition coefficient (Wildman–Crippen LogP) is 1.30. The summed E-state index contributed by atoms with van der Waals surface area (Å²) >= 11 is 0. The van der Waals surface area contributed by atoms with Crippen LogP contribution >= 0.6 is 0 Å². The van der Waals surface area contributed by atoms with Crippen LogP contribution in [0.1, 0.15) is 32.3 Å². The van der Waals surface area contributed by atoms with Gasteiger partial charge in [0.15, 0.2) is 5.96 Å². The number of piperidine rings is 1. The van der Waals surface area contributed by atoms with Crippen LogP contribution in [0.5, 0.6) is 0 Å². The first kappa shape index (κ1) is 21.4. The van der Waals surface area contributed by atoms with E-state index in [0.29, 0.717) is 31.2 Å². The molecule has 0 aromatic heterocycles. The van der Waals surface area contributed by atoms with Crippen LogP contribution in [0.25, 0.3) is 0 Å². The lowest BCUT2D eigenvalue weighted by atomic mass is 10.1. The number of hydrogen-bond acceptors (Lipinski definition) is 4. The Morgan fingerprint density at radius 1 is 1.28 bits per heavy atom. The van der Waals surface area contributed by atoms with Crippen LogP contribution in [-0.2, 0) is 11.3 Å². The summed E-state index contributed by atoms with van der Waals surface area (Å²) in [6.07, 6.45) is 1.31. The number of nitrogens with one attached hydrogen (secondary N) is 3. The Morgan fingerprint density at radius 2 is 2.07 bits per heavy atom. The number of anilines is 1. The monoisotopic (exact) mass is 404 g/mol. The van der Waals surface area contributed by atoms with Crippen molar-refractivity contribution in [1.82, 2.24) is 20.9 Å². The van der Waals surface area contributed by atoms with Crippen molar-refractivity contribution in [1.29, 1.82) is 0 Å². The first-order chi connectivity index (χ1) is 14.1. The number of carbonyl (C=O) groups excluding carboxylic acids is 1. The van der Waals surface area contributed by atoms with Crippen LogP contribution in [0.15, 0.2) is 23.2 Å². The smallest absolute Gasteiger partial charge is 0.220 e. The zero-order valence-electron chi connectivity index (χ0n) is 17.5. The van der Waals surface area contributed by atoms with Gasteiger partial charge >= 0.3 is 0 Å². The van der Waals surface area contributed by atoms with Crippen molar-refractivity contribution in [2.45, 2.75) is 39.3 Å². The molecule has 3 N–H and O–H groups in total. The van der Waals surface area contributed by atoms with Crippen molar-refractivity contribution in [3.8, 4) is 0 Å². The van der Waals surface area contributed by atoms with E-state index in [0.717, 1.165) is 51.3 Å². The van der Waals surface area contributed by atoms with Gasteiger partial charge in [0.1, 0.15) is 5.82 Å². The molecule has 1 atom stereocenters. The van der Waals surface area contributed by atoms with E-state index in [2.05, 4.69) is 37.7 Å². The molecule has 2 aliphatic rings. The number of rotatable bonds is 6. The van der Waals surface area contributed by atoms with Crippen LogP contribution in [0.2, 0.25) is 0 Å². The van der Waals surface area contributed by atoms with Crippen molar-refractivity contribution < 1.29 is 9.18 Å². The molecule has 0 bridgehead atoms. The highest BCUT2D eigenvalue weighted by Gasteiger charge is 2.20. The standard InChI is InChI=1S/C21H33FN6O/c1-3-23-21(26-17-6-8-20(29)24-15-17)25-14-16-5-7-19(18(22)13-16)28-11-9-27(4-2)10-12-28/h5,7,13,17H,3-4,6,8-12,14-15H2,1-2H3,(H,24,29)(H2,23,25,26). The SMILES string of the molecule is CCNC(=NCc1ccc(N2CCN(CC)CC2)c(F)c1)NC1CCC(=O)NC1. The van der Waals surface area contributed by atoms with E-state index >= 15 is 0 Å². The van der Waals surface area contributed by atoms with Crippen LogP contribution in [-0.4, -0.2) is 68.6 Å². The lowest BCUT2D eigenvalue weighted by Gasteiger charge is -2.35. The van der Waals surface area contributed by atoms with Crippen LogP contribution < -0.4 is 20.9 Å². The highest BCUT2D eigenvalue weighted by Crippen LogP contribution is 2.22. The summed E-state index contributed by atoms with van der Waals surface area (Å²) in [6.45, 7) is 10.6. The number of halogens is 1. The maximum absolute atomic E-state index is 14.7. The summed E-state index contributed by atoms with van der Waals surface area (Å²) in [5.41, 5.74) is 1.52. The van der Waals surface area contributed by atoms with Crippen LogP contribution in [0.4, 0.5) is 10.1 Å². The zero-order chi connectivity index (χ0) is 20.6. The van der Waals surface area contributed by atoms with Crippen molar-refractivity contribution in [2.75, 3.05) is 50.7 Å². The van der Waals surface area contributed by atoms with Gasteiger partial charge in [-0.15, -0.1) is 0 Å². The lowest BCUT2D eigenvalue weighted by molar-refractivity contribution is -0.122. The average Bonchev–Trinajstić information content (AvgIpc) is 2.74. The molecule has 2 aliphatic heterocycles. The fourth-order valence-electron chi connectivity index (χ4n) is 3.75. The fraction of sp³-hybridized carbons (Fsp3) is 0.619. The molecule has 0 radical (unpaired) electrons. The molecule has 0 spiro atoms. The van der Waals surface area contributed by atoms with Gasteiger partial charge in [0.25, 0.3) is 0 Å². The van der Waals surface area contributed by atoms with Gasteiger partial charge in [-0.05, 0) is 37.6 Å². The first-order valence-electron chi connectivity index (χ1n) is 10.7. The minimum absolute atomic E-state index is 0.0941. The molecule has 2 saturated heterocycles. The number of aliphatic imine (C=N–C) groups is 1. The Labute approximate surface area is 172 Å². The molecule has 1 amide bonds. The van der Waals surface area contributed by atoms with Gasteiger partial charge in [-0.1, -0.05) is 13.0 Å². The molecule has 160 valence electrons. The second-order valence-electron chi connectivity index (χ2n) is 7.59. The highest BCUT2D eigenvalue weighted by atomic mass is 19.1. The Morgan fingerprint density at radius 3 is 2.69 bits per heavy atom. The number of nitrogens with zero attached hydrogens (tertiary/aromatic N) is 3. The third-order valence-electron chi connectivity index (χ3n) is 5.54. The Kier molecular flexibility index (Phi) is 7.69. The minimum Gasteiger partial charge on any atom is -0.367 e. The molecule has 0 saturated carbocycles. The second-order valence-corrected chi connectivity index (χ2v) is 7.59. The summed E-state index contributed by atoms with van der Waals surface area (Å²) in [5, 5.41) is 9.43. The van der Waals surface area contributed by atoms with Gasteiger partial charge in [-0.2, -0.15) is 0 Å². The summed E-state index contributed by atoms with van der Waals surface area (Å²) in [7, 11) is 0. The molecule has 7 nitrogen and oxygen atoms in total. The Balaban J connectivity index is 1.59. The van der Waals surface area contributed by atoms with Crippen LogP contribution in [0, 0.1) is 5.82 Å². The van der Waals surface area contributed by atoms with Gasteiger partial charge in [-0.25, -0.2) is 9.38 Å². The van der Waals surface area contributed by atoms with E-state index in [1.54, 1.807) is 6.07 Å². The Bertz CT molecular complexity index is 707. The van der Waals surface area contributed by atoms with Gasteiger partial charge < -0.3 is 25.8 Å². The zero-order valence-corrected chi connectivity index (χ0v) is 17.5. The fourth-order valence-corrected chi connectivity index (χ4v) is 3.75. The van der Waals surface area contributed by atoms with E-state index in [9.17, 15) is 9.18 Å². The molecule has 0 aliphatic carbocycles. The molecular weight excluding hydrogens is 371 g/mol. The maximum atomic E-state index is 14.7. The normalized spacial score (nSPS) is 21.1. The first-order valence-corrected chi connectivity index (χ1v) is 10.7. The predicted molar refractivity (Wildman–Crippen MR) is 115 cm³/mol. The summed E-state index contributed by atoms with van der Waals surface area (Å²) in [4.78, 5) is 20.4. The third kappa shape index (κ3) is 6.06. The second kappa shape index (κ2) is 10.4. The van der Waals surface area contributed by atoms with Gasteiger partial charge in [-0.3, -0.25) is 4.79 Å². The number of carbonyl (C=O) groups is 1. The number of amides is 1. The molecule has 8 heteroatoms. The number of benzene rings is 1. The maximum Gasteiger partial charge on any atom is 0.220 e. The van der Waals surface area contributed by atoms with Gasteiger partial charge in [0.05, 0.1) is 12.2 Å². The summed E-state index contributed by atoms with van der Waals surface area (Å²) < 4.78 is 14.7.